The van der Waals surface area contributed by atoms with Crippen LogP contribution in [0, 0.1) is 17.7 Å². The Kier molecular flexibility index (Phi) is 8.65. The standard InChI is InChI=1S/C30H31F3N6O/c1-37-13-15-38(16-14-37)28(10-11-31)26-8-6-24(18-23(26)19-32)36-30(40)22-5-9-27(33)21(17-22)4-7-25-20-34-29-3-2-12-35-39(25)29/h2-3,5-6,8-9,12,17-18,20,28,30,36,40H,10-11,13-16,19H2,1H3. The predicted molar refractivity (Wildman–Crippen MR) is 148 cm³/mol. The molecule has 0 aliphatic carbocycles. The first-order valence-corrected chi connectivity index (χ1v) is 13.2. The average molecular weight is 549 g/mol. The Balaban J connectivity index is 1.34. The molecule has 0 radical (unpaired) electrons. The van der Waals surface area contributed by atoms with Crippen LogP contribution in [0.4, 0.5) is 18.9 Å². The van der Waals surface area contributed by atoms with Crippen LogP contribution in [0.15, 0.2) is 60.9 Å². The van der Waals surface area contributed by atoms with E-state index in [1.807, 2.05) is 0 Å². The van der Waals surface area contributed by atoms with Gasteiger partial charge in [0.05, 0.1) is 18.4 Å². The molecule has 2 aromatic carbocycles. The molecule has 10 heteroatoms. The first-order chi connectivity index (χ1) is 19.5. The summed E-state index contributed by atoms with van der Waals surface area (Å²) in [5.41, 5.74) is 3.31. The van der Waals surface area contributed by atoms with Crippen molar-refractivity contribution in [2.75, 3.05) is 45.2 Å². The van der Waals surface area contributed by atoms with Crippen LogP contribution in [0.5, 0.6) is 0 Å². The minimum Gasteiger partial charge on any atom is -0.369 e. The van der Waals surface area contributed by atoms with Crippen LogP contribution < -0.4 is 5.32 Å². The lowest BCUT2D eigenvalue weighted by Crippen LogP contribution is -2.46. The van der Waals surface area contributed by atoms with Gasteiger partial charge in [0.1, 0.15) is 18.2 Å². The molecule has 1 aliphatic rings. The number of rotatable bonds is 8. The van der Waals surface area contributed by atoms with Gasteiger partial charge in [-0.15, -0.1) is 0 Å². The number of fused-ring (bicyclic) bond motifs is 1. The van der Waals surface area contributed by atoms with Crippen LogP contribution in [0.2, 0.25) is 0 Å². The van der Waals surface area contributed by atoms with E-state index >= 15 is 0 Å². The van der Waals surface area contributed by atoms with Gasteiger partial charge in [0, 0.05) is 49.7 Å². The van der Waals surface area contributed by atoms with Crippen molar-refractivity contribution >= 4 is 11.3 Å². The summed E-state index contributed by atoms with van der Waals surface area (Å²) in [6.45, 7) is 2.11. The molecule has 2 atom stereocenters. The second-order valence-corrected chi connectivity index (χ2v) is 9.85. The summed E-state index contributed by atoms with van der Waals surface area (Å²) >= 11 is 0. The molecular formula is C30H31F3N6O. The maximum Gasteiger partial charge on any atom is 0.154 e. The highest BCUT2D eigenvalue weighted by Gasteiger charge is 2.26. The Morgan fingerprint density at radius 3 is 2.65 bits per heavy atom. The maximum atomic E-state index is 14.5. The first kappa shape index (κ1) is 27.6. The van der Waals surface area contributed by atoms with E-state index in [4.69, 9.17) is 0 Å². The molecule has 2 unspecified atom stereocenters. The number of imidazole rings is 1. The van der Waals surface area contributed by atoms with Gasteiger partial charge in [0.25, 0.3) is 0 Å². The number of likely N-dealkylation sites (N-methyl/N-ethyl adjacent to an activating group) is 1. The third-order valence-electron chi connectivity index (χ3n) is 7.22. The number of hydrogen-bond acceptors (Lipinski definition) is 6. The SMILES string of the molecule is CN1CCN(C(CCF)c2ccc(NC(O)c3ccc(F)c(C#Cc4cnc5cccnn45)c3)cc2CF)CC1. The summed E-state index contributed by atoms with van der Waals surface area (Å²) in [5, 5.41) is 18.0. The van der Waals surface area contributed by atoms with Crippen molar-refractivity contribution in [1.82, 2.24) is 24.4 Å². The number of aliphatic hydroxyl groups is 1. The first-order valence-electron chi connectivity index (χ1n) is 13.2. The van der Waals surface area contributed by atoms with Crippen LogP contribution in [0.1, 0.15) is 46.6 Å². The van der Waals surface area contributed by atoms with Crippen molar-refractivity contribution in [3.05, 3.63) is 94.7 Å². The molecule has 3 heterocycles. The van der Waals surface area contributed by atoms with Gasteiger partial charge in [-0.05, 0) is 66.9 Å². The van der Waals surface area contributed by atoms with Gasteiger partial charge in [-0.1, -0.05) is 18.1 Å². The van der Waals surface area contributed by atoms with E-state index in [-0.39, 0.29) is 18.0 Å². The van der Waals surface area contributed by atoms with E-state index in [9.17, 15) is 18.3 Å². The van der Waals surface area contributed by atoms with Crippen molar-refractivity contribution in [1.29, 1.82) is 0 Å². The number of nitrogens with zero attached hydrogens (tertiary/aromatic N) is 5. The van der Waals surface area contributed by atoms with Crippen LogP contribution in [0.25, 0.3) is 5.65 Å². The largest absolute Gasteiger partial charge is 0.369 e. The Hall–Kier alpha value is -3.91. The van der Waals surface area contributed by atoms with Gasteiger partial charge >= 0.3 is 0 Å². The van der Waals surface area contributed by atoms with Gasteiger partial charge in [-0.25, -0.2) is 18.3 Å². The van der Waals surface area contributed by atoms with Gasteiger partial charge in [0.15, 0.2) is 11.9 Å². The van der Waals surface area contributed by atoms with Gasteiger partial charge in [-0.2, -0.15) is 5.10 Å². The lowest BCUT2D eigenvalue weighted by atomic mass is 9.96. The molecule has 0 saturated carbocycles. The smallest absolute Gasteiger partial charge is 0.154 e. The number of halogens is 3. The number of nitrogens with one attached hydrogen (secondary N) is 1. The highest BCUT2D eigenvalue weighted by molar-refractivity contribution is 5.52. The van der Waals surface area contributed by atoms with Crippen LogP contribution in [-0.2, 0) is 6.67 Å². The van der Waals surface area contributed by atoms with Gasteiger partial charge < -0.3 is 15.3 Å². The van der Waals surface area contributed by atoms with Crippen molar-refractivity contribution in [2.45, 2.75) is 25.4 Å². The quantitative estimate of drug-likeness (QED) is 0.250. The second-order valence-electron chi connectivity index (χ2n) is 9.85. The molecule has 2 aromatic heterocycles. The number of anilines is 1. The van der Waals surface area contributed by atoms with Crippen LogP contribution >= 0.6 is 0 Å². The molecular weight excluding hydrogens is 517 g/mol. The van der Waals surface area contributed by atoms with E-state index in [2.05, 4.69) is 44.1 Å². The summed E-state index contributed by atoms with van der Waals surface area (Å²) in [5.74, 6) is 5.15. The fraction of sp³-hybridized carbons (Fsp3) is 0.333. The lowest BCUT2D eigenvalue weighted by Gasteiger charge is -2.38. The monoisotopic (exact) mass is 548 g/mol. The molecule has 0 bridgehead atoms. The van der Waals surface area contributed by atoms with Crippen molar-refractivity contribution < 1.29 is 18.3 Å². The van der Waals surface area contributed by atoms with E-state index in [1.54, 1.807) is 47.2 Å². The Bertz CT molecular complexity index is 1520. The zero-order valence-electron chi connectivity index (χ0n) is 22.2. The molecule has 4 aromatic rings. The lowest BCUT2D eigenvalue weighted by molar-refractivity contribution is 0.102. The molecule has 208 valence electrons. The van der Waals surface area contributed by atoms with Crippen molar-refractivity contribution in [2.24, 2.45) is 0 Å². The third-order valence-corrected chi connectivity index (χ3v) is 7.22. The van der Waals surface area contributed by atoms with Crippen molar-refractivity contribution in [3.8, 4) is 11.8 Å². The molecule has 1 aliphatic heterocycles. The Morgan fingerprint density at radius 2 is 1.88 bits per heavy atom. The summed E-state index contributed by atoms with van der Waals surface area (Å²) in [6.07, 6.45) is 2.26. The van der Waals surface area contributed by atoms with Crippen LogP contribution in [-0.4, -0.2) is 69.4 Å². The molecule has 0 amide bonds. The molecule has 40 heavy (non-hydrogen) atoms. The van der Waals surface area contributed by atoms with Crippen molar-refractivity contribution in [3.63, 3.8) is 0 Å². The fourth-order valence-corrected chi connectivity index (χ4v) is 5.00. The summed E-state index contributed by atoms with van der Waals surface area (Å²) in [4.78, 5) is 8.65. The highest BCUT2D eigenvalue weighted by Crippen LogP contribution is 2.32. The van der Waals surface area contributed by atoms with E-state index < -0.39 is 25.4 Å². The van der Waals surface area contributed by atoms with E-state index in [0.717, 1.165) is 31.7 Å². The topological polar surface area (TPSA) is 68.9 Å². The minimum atomic E-state index is -1.20. The molecule has 5 rings (SSSR count). The molecule has 7 nitrogen and oxygen atoms in total. The zero-order chi connectivity index (χ0) is 28.1. The third kappa shape index (κ3) is 6.12. The predicted octanol–water partition coefficient (Wildman–Crippen LogP) is 4.49. The second kappa shape index (κ2) is 12.5. The number of hydrogen-bond donors (Lipinski definition) is 2. The van der Waals surface area contributed by atoms with E-state index in [1.165, 1.54) is 18.2 Å². The molecule has 0 spiro atoms. The summed E-state index contributed by atoms with van der Waals surface area (Å²) in [7, 11) is 2.05. The molecule has 2 N–H and O–H groups in total. The molecule has 1 fully saturated rings. The zero-order valence-corrected chi connectivity index (χ0v) is 22.2. The number of aromatic nitrogens is 3. The maximum absolute atomic E-state index is 14.5. The van der Waals surface area contributed by atoms with E-state index in [0.29, 0.717) is 28.2 Å². The number of alkyl halides is 2. The summed E-state index contributed by atoms with van der Waals surface area (Å²) in [6, 6.07) is 12.7. The number of aliphatic hydroxyl groups excluding tert-OH is 1. The minimum absolute atomic E-state index is 0.102. The highest BCUT2D eigenvalue weighted by atomic mass is 19.1. The van der Waals surface area contributed by atoms with Gasteiger partial charge in [0.2, 0.25) is 0 Å². The number of piperazine rings is 1. The van der Waals surface area contributed by atoms with Gasteiger partial charge in [-0.3, -0.25) is 9.29 Å². The Morgan fingerprint density at radius 1 is 1.05 bits per heavy atom. The fourth-order valence-electron chi connectivity index (χ4n) is 5.00. The normalized spacial score (nSPS) is 15.9. The average Bonchev–Trinajstić information content (AvgIpc) is 3.39. The molecule has 1 saturated heterocycles. The van der Waals surface area contributed by atoms with Crippen LogP contribution in [0.3, 0.4) is 0 Å². The summed E-state index contributed by atoms with van der Waals surface area (Å²) < 4.78 is 43.8. The Labute approximate surface area is 231 Å². The number of benzene rings is 2.